The van der Waals surface area contributed by atoms with Gasteiger partial charge in [0.1, 0.15) is 0 Å². The van der Waals surface area contributed by atoms with E-state index in [9.17, 15) is 4.79 Å². The van der Waals surface area contributed by atoms with Crippen LogP contribution in [0.3, 0.4) is 0 Å². The first-order chi connectivity index (χ1) is 8.61. The monoisotopic (exact) mass is 243 g/mol. The van der Waals surface area contributed by atoms with Gasteiger partial charge >= 0.3 is 0 Å². The van der Waals surface area contributed by atoms with Crippen LogP contribution in [0, 0.1) is 17.2 Å². The summed E-state index contributed by atoms with van der Waals surface area (Å²) in [4.78, 5) is 13.6. The van der Waals surface area contributed by atoms with E-state index in [1.165, 1.54) is 0 Å². The van der Waals surface area contributed by atoms with Gasteiger partial charge in [0.05, 0.1) is 11.6 Å². The maximum atomic E-state index is 12.0. The van der Waals surface area contributed by atoms with Crippen LogP contribution in [0.4, 0.5) is 5.69 Å². The number of carbonyl (C=O) groups excluding carboxylic acids is 1. The van der Waals surface area contributed by atoms with E-state index < -0.39 is 0 Å². The topological polar surface area (TPSA) is 70.1 Å². The van der Waals surface area contributed by atoms with E-state index in [1.54, 1.807) is 30.1 Å². The summed E-state index contributed by atoms with van der Waals surface area (Å²) in [5.74, 6) is 0.525. The van der Waals surface area contributed by atoms with Crippen LogP contribution < -0.4 is 10.6 Å². The second kappa shape index (κ2) is 5.19. The third-order valence-corrected chi connectivity index (χ3v) is 3.37. The molecule has 0 spiro atoms. The smallest absolute Gasteiger partial charge is 0.228 e. The van der Waals surface area contributed by atoms with Gasteiger partial charge in [-0.3, -0.25) is 4.79 Å². The summed E-state index contributed by atoms with van der Waals surface area (Å²) in [7, 11) is 1.72. The molecule has 1 fully saturated rings. The fraction of sp³-hybridized carbons (Fsp3) is 0.429. The number of carbonyl (C=O) groups is 1. The van der Waals surface area contributed by atoms with Crippen molar-refractivity contribution in [2.75, 3.05) is 11.9 Å². The molecule has 2 N–H and O–H groups in total. The van der Waals surface area contributed by atoms with Crippen molar-refractivity contribution in [3.8, 4) is 6.07 Å². The largest absolute Gasteiger partial charge is 0.327 e. The van der Waals surface area contributed by atoms with Crippen molar-refractivity contribution in [1.29, 1.82) is 5.26 Å². The number of anilines is 1. The first-order valence-electron chi connectivity index (χ1n) is 6.14. The van der Waals surface area contributed by atoms with Crippen molar-refractivity contribution in [2.24, 2.45) is 11.7 Å². The van der Waals surface area contributed by atoms with Gasteiger partial charge in [0.15, 0.2) is 0 Å². The Bertz CT molecular complexity index is 488. The normalized spacial score (nSPS) is 15.8. The average Bonchev–Trinajstić information content (AvgIpc) is 3.22. The van der Waals surface area contributed by atoms with Gasteiger partial charge in [0, 0.05) is 25.2 Å². The number of hydrogen-bond donors (Lipinski definition) is 1. The van der Waals surface area contributed by atoms with Gasteiger partial charge in [-0.25, -0.2) is 0 Å². The zero-order valence-electron chi connectivity index (χ0n) is 10.5. The van der Waals surface area contributed by atoms with E-state index in [0.29, 0.717) is 17.9 Å². The second-order valence-corrected chi connectivity index (χ2v) is 4.82. The van der Waals surface area contributed by atoms with Crippen molar-refractivity contribution < 1.29 is 4.79 Å². The first-order valence-corrected chi connectivity index (χ1v) is 6.14. The Labute approximate surface area is 107 Å². The summed E-state index contributed by atoms with van der Waals surface area (Å²) in [6.45, 7) is 0. The van der Waals surface area contributed by atoms with Crippen LogP contribution in [0.2, 0.25) is 0 Å². The summed E-state index contributed by atoms with van der Waals surface area (Å²) in [5, 5.41) is 8.84. The van der Waals surface area contributed by atoms with Crippen LogP contribution in [-0.4, -0.2) is 19.0 Å². The lowest BCUT2D eigenvalue weighted by atomic mass is 10.1. The third-order valence-electron chi connectivity index (χ3n) is 3.37. The summed E-state index contributed by atoms with van der Waals surface area (Å²) < 4.78 is 0. The Balaban J connectivity index is 2.02. The van der Waals surface area contributed by atoms with E-state index in [0.717, 1.165) is 18.5 Å². The highest BCUT2D eigenvalue weighted by atomic mass is 16.2. The molecule has 0 aromatic heterocycles. The number of benzene rings is 1. The third kappa shape index (κ3) is 2.88. The van der Waals surface area contributed by atoms with Crippen LogP contribution in [-0.2, 0) is 4.79 Å². The molecule has 1 unspecified atom stereocenters. The summed E-state index contributed by atoms with van der Waals surface area (Å²) in [5.41, 5.74) is 7.24. The lowest BCUT2D eigenvalue weighted by Crippen LogP contribution is -2.34. The number of amides is 1. The molecule has 2 rings (SSSR count). The van der Waals surface area contributed by atoms with Crippen LogP contribution in [0.15, 0.2) is 24.3 Å². The maximum Gasteiger partial charge on any atom is 0.228 e. The van der Waals surface area contributed by atoms with Gasteiger partial charge in [-0.05, 0) is 37.0 Å². The quantitative estimate of drug-likeness (QED) is 0.874. The molecule has 1 aliphatic carbocycles. The molecule has 1 aliphatic rings. The Morgan fingerprint density at radius 2 is 2.33 bits per heavy atom. The number of hydrogen-bond acceptors (Lipinski definition) is 3. The lowest BCUT2D eigenvalue weighted by molar-refractivity contribution is -0.118. The molecule has 0 heterocycles. The molecule has 1 aromatic carbocycles. The van der Waals surface area contributed by atoms with Crippen LogP contribution >= 0.6 is 0 Å². The van der Waals surface area contributed by atoms with Crippen molar-refractivity contribution in [2.45, 2.75) is 25.3 Å². The standard InChI is InChI=1S/C14H17N3O/c1-17(12-4-2-3-10(7-12)9-15)14(18)8-13(16)11-5-6-11/h2-4,7,11,13H,5-6,8,16H2,1H3. The van der Waals surface area contributed by atoms with E-state index >= 15 is 0 Å². The van der Waals surface area contributed by atoms with Crippen molar-refractivity contribution in [3.05, 3.63) is 29.8 Å². The molecular formula is C14H17N3O. The zero-order valence-corrected chi connectivity index (χ0v) is 10.5. The van der Waals surface area contributed by atoms with Gasteiger partial charge in [0.25, 0.3) is 0 Å². The number of nitrogens with zero attached hydrogens (tertiary/aromatic N) is 2. The van der Waals surface area contributed by atoms with Gasteiger partial charge in [-0.2, -0.15) is 5.26 Å². The number of rotatable bonds is 4. The van der Waals surface area contributed by atoms with E-state index in [2.05, 4.69) is 6.07 Å². The van der Waals surface area contributed by atoms with E-state index in [1.807, 2.05) is 6.07 Å². The lowest BCUT2D eigenvalue weighted by Gasteiger charge is -2.19. The highest BCUT2D eigenvalue weighted by Crippen LogP contribution is 2.33. The summed E-state index contributed by atoms with van der Waals surface area (Å²) >= 11 is 0. The molecule has 1 amide bonds. The predicted molar refractivity (Wildman–Crippen MR) is 69.9 cm³/mol. The Morgan fingerprint density at radius 3 is 2.94 bits per heavy atom. The molecule has 4 heteroatoms. The van der Waals surface area contributed by atoms with E-state index in [-0.39, 0.29) is 11.9 Å². The fourth-order valence-corrected chi connectivity index (χ4v) is 1.96. The SMILES string of the molecule is CN(C(=O)CC(N)C1CC1)c1cccc(C#N)c1. The van der Waals surface area contributed by atoms with E-state index in [4.69, 9.17) is 11.0 Å². The molecule has 1 aromatic rings. The van der Waals surface area contributed by atoms with Crippen molar-refractivity contribution >= 4 is 11.6 Å². The van der Waals surface area contributed by atoms with Crippen molar-refractivity contribution in [1.82, 2.24) is 0 Å². The Morgan fingerprint density at radius 1 is 1.61 bits per heavy atom. The van der Waals surface area contributed by atoms with Gasteiger partial charge < -0.3 is 10.6 Å². The molecule has 0 radical (unpaired) electrons. The zero-order chi connectivity index (χ0) is 13.1. The molecule has 4 nitrogen and oxygen atoms in total. The summed E-state index contributed by atoms with van der Waals surface area (Å²) in [6.07, 6.45) is 2.65. The molecule has 0 saturated heterocycles. The molecule has 0 bridgehead atoms. The fourth-order valence-electron chi connectivity index (χ4n) is 1.96. The average molecular weight is 243 g/mol. The van der Waals surface area contributed by atoms with Gasteiger partial charge in [0.2, 0.25) is 5.91 Å². The first kappa shape index (κ1) is 12.6. The molecule has 1 atom stereocenters. The minimum Gasteiger partial charge on any atom is -0.327 e. The molecule has 94 valence electrons. The molecule has 18 heavy (non-hydrogen) atoms. The van der Waals surface area contributed by atoms with Crippen LogP contribution in [0.25, 0.3) is 0 Å². The molecule has 0 aliphatic heterocycles. The second-order valence-electron chi connectivity index (χ2n) is 4.82. The Hall–Kier alpha value is -1.86. The Kier molecular flexibility index (Phi) is 3.63. The maximum absolute atomic E-state index is 12.0. The predicted octanol–water partition coefficient (Wildman–Crippen LogP) is 1.65. The summed E-state index contributed by atoms with van der Waals surface area (Å²) in [6, 6.07) is 9.06. The minimum absolute atomic E-state index is 0.00416. The number of nitrogens with two attached hydrogens (primary N) is 1. The van der Waals surface area contributed by atoms with Gasteiger partial charge in [-0.1, -0.05) is 6.07 Å². The highest BCUT2D eigenvalue weighted by Gasteiger charge is 2.30. The van der Waals surface area contributed by atoms with Crippen LogP contribution in [0.5, 0.6) is 0 Å². The highest BCUT2D eigenvalue weighted by molar-refractivity contribution is 5.93. The minimum atomic E-state index is -0.0286. The molecular weight excluding hydrogens is 226 g/mol. The number of nitriles is 1. The van der Waals surface area contributed by atoms with Crippen molar-refractivity contribution in [3.63, 3.8) is 0 Å². The van der Waals surface area contributed by atoms with Crippen LogP contribution in [0.1, 0.15) is 24.8 Å². The molecule has 1 saturated carbocycles. The van der Waals surface area contributed by atoms with Gasteiger partial charge in [-0.15, -0.1) is 0 Å².